The molecule has 1 amide bonds. The topological polar surface area (TPSA) is 56.0 Å². The number of carbonyl (C=O) groups excluding carboxylic acids is 1. The van der Waals surface area contributed by atoms with Crippen molar-refractivity contribution in [2.24, 2.45) is 14.1 Å². The molecule has 0 radical (unpaired) electrons. The molecule has 2 aromatic heterocycles. The first-order valence-electron chi connectivity index (χ1n) is 6.15. The van der Waals surface area contributed by atoms with Crippen LogP contribution in [0.2, 0.25) is 5.02 Å². The molecular formula is C12H13ClF3N5O. The summed E-state index contributed by atoms with van der Waals surface area (Å²) >= 11 is 5.70. The summed E-state index contributed by atoms with van der Waals surface area (Å²) in [5.41, 5.74) is -0.855. The monoisotopic (exact) mass is 335 g/mol. The Morgan fingerprint density at radius 3 is 2.45 bits per heavy atom. The maximum absolute atomic E-state index is 12.9. The summed E-state index contributed by atoms with van der Waals surface area (Å²) in [7, 11) is 4.24. The number of aromatic nitrogens is 4. The first-order valence-corrected chi connectivity index (χ1v) is 6.52. The molecule has 120 valence electrons. The van der Waals surface area contributed by atoms with Gasteiger partial charge in [-0.2, -0.15) is 23.4 Å². The van der Waals surface area contributed by atoms with E-state index in [1.165, 1.54) is 11.9 Å². The molecule has 0 fully saturated rings. The highest BCUT2D eigenvalue weighted by molar-refractivity contribution is 6.34. The number of aryl methyl sites for hydroxylation is 2. The molecule has 0 aliphatic carbocycles. The van der Waals surface area contributed by atoms with Gasteiger partial charge in [0.15, 0.2) is 11.4 Å². The number of rotatable bonds is 3. The largest absolute Gasteiger partial charge is 0.434 e. The molecule has 0 unspecified atom stereocenters. The standard InChI is InChI=1S/C12H13ClF3N5O/c1-19(6-7-4-5-17-20(7)2)11(22)9-8(13)10(12(14,15)16)21(3)18-9/h4-5H,6H2,1-3H3. The van der Waals surface area contributed by atoms with Gasteiger partial charge in [0, 0.05) is 27.3 Å². The van der Waals surface area contributed by atoms with Crippen molar-refractivity contribution in [3.63, 3.8) is 0 Å². The molecule has 0 N–H and O–H groups in total. The highest BCUT2D eigenvalue weighted by Crippen LogP contribution is 2.36. The molecular weight excluding hydrogens is 323 g/mol. The zero-order valence-electron chi connectivity index (χ0n) is 12.0. The number of amides is 1. The van der Waals surface area contributed by atoms with Crippen molar-refractivity contribution in [1.29, 1.82) is 0 Å². The maximum Gasteiger partial charge on any atom is 0.434 e. The second-order valence-corrected chi connectivity index (χ2v) is 5.12. The van der Waals surface area contributed by atoms with Gasteiger partial charge in [0.2, 0.25) is 0 Å². The average Bonchev–Trinajstić information content (AvgIpc) is 2.92. The van der Waals surface area contributed by atoms with E-state index in [2.05, 4.69) is 10.2 Å². The Morgan fingerprint density at radius 2 is 2.00 bits per heavy atom. The smallest absolute Gasteiger partial charge is 0.334 e. The van der Waals surface area contributed by atoms with Crippen LogP contribution in [-0.4, -0.2) is 37.4 Å². The number of alkyl halides is 3. The first-order chi connectivity index (χ1) is 10.1. The second kappa shape index (κ2) is 5.64. The van der Waals surface area contributed by atoms with Gasteiger partial charge in [-0.1, -0.05) is 11.6 Å². The van der Waals surface area contributed by atoms with E-state index in [1.54, 1.807) is 24.0 Å². The lowest BCUT2D eigenvalue weighted by Crippen LogP contribution is -2.28. The number of halogens is 4. The summed E-state index contributed by atoms with van der Waals surface area (Å²) in [6, 6.07) is 1.70. The highest BCUT2D eigenvalue weighted by Gasteiger charge is 2.40. The van der Waals surface area contributed by atoms with Gasteiger partial charge in [-0.05, 0) is 6.07 Å². The third kappa shape index (κ3) is 2.94. The Labute approximate surface area is 129 Å². The quantitative estimate of drug-likeness (QED) is 0.863. The van der Waals surface area contributed by atoms with Gasteiger partial charge in [-0.15, -0.1) is 0 Å². The molecule has 22 heavy (non-hydrogen) atoms. The molecule has 0 saturated carbocycles. The van der Waals surface area contributed by atoms with Crippen molar-refractivity contribution in [2.45, 2.75) is 12.7 Å². The third-order valence-corrected chi connectivity index (χ3v) is 3.49. The van der Waals surface area contributed by atoms with Crippen molar-refractivity contribution >= 4 is 17.5 Å². The van der Waals surface area contributed by atoms with Crippen LogP contribution in [0.4, 0.5) is 13.2 Å². The lowest BCUT2D eigenvalue weighted by atomic mass is 10.3. The van der Waals surface area contributed by atoms with E-state index in [4.69, 9.17) is 11.6 Å². The highest BCUT2D eigenvalue weighted by atomic mass is 35.5. The molecule has 0 saturated heterocycles. The van der Waals surface area contributed by atoms with Crippen LogP contribution in [0.15, 0.2) is 12.3 Å². The third-order valence-electron chi connectivity index (χ3n) is 3.13. The van der Waals surface area contributed by atoms with Gasteiger partial charge in [0.1, 0.15) is 5.02 Å². The van der Waals surface area contributed by atoms with E-state index in [0.29, 0.717) is 4.68 Å². The lowest BCUT2D eigenvalue weighted by molar-refractivity contribution is -0.143. The van der Waals surface area contributed by atoms with E-state index < -0.39 is 28.5 Å². The summed E-state index contributed by atoms with van der Waals surface area (Å²) in [5, 5.41) is 6.86. The van der Waals surface area contributed by atoms with Gasteiger partial charge in [0.05, 0.1) is 12.2 Å². The van der Waals surface area contributed by atoms with Crippen molar-refractivity contribution < 1.29 is 18.0 Å². The van der Waals surface area contributed by atoms with Crippen LogP contribution in [0.3, 0.4) is 0 Å². The molecule has 0 aliphatic heterocycles. The molecule has 2 rings (SSSR count). The van der Waals surface area contributed by atoms with Crippen molar-refractivity contribution in [3.8, 4) is 0 Å². The van der Waals surface area contributed by atoms with Crippen LogP contribution in [0.25, 0.3) is 0 Å². The fraction of sp³-hybridized carbons (Fsp3) is 0.417. The molecule has 0 bridgehead atoms. The van der Waals surface area contributed by atoms with E-state index in [0.717, 1.165) is 12.7 Å². The van der Waals surface area contributed by atoms with Crippen LogP contribution >= 0.6 is 11.6 Å². The normalized spacial score (nSPS) is 11.8. The Bertz CT molecular complexity index is 706. The van der Waals surface area contributed by atoms with Crippen molar-refractivity contribution in [2.75, 3.05) is 7.05 Å². The molecule has 6 nitrogen and oxygen atoms in total. The zero-order valence-corrected chi connectivity index (χ0v) is 12.8. The summed E-state index contributed by atoms with van der Waals surface area (Å²) in [5.74, 6) is -0.697. The minimum absolute atomic E-state index is 0.170. The van der Waals surface area contributed by atoms with Crippen LogP contribution in [-0.2, 0) is 26.8 Å². The molecule has 2 heterocycles. The summed E-state index contributed by atoms with van der Waals surface area (Å²) in [4.78, 5) is 13.5. The molecule has 0 aromatic carbocycles. The Hall–Kier alpha value is -2.03. The Balaban J connectivity index is 2.28. The number of nitrogens with zero attached hydrogens (tertiary/aromatic N) is 5. The molecule has 10 heteroatoms. The van der Waals surface area contributed by atoms with E-state index in [1.807, 2.05) is 0 Å². The number of carbonyl (C=O) groups is 1. The molecule has 0 spiro atoms. The molecule has 0 aliphatic rings. The van der Waals surface area contributed by atoms with Crippen molar-refractivity contribution in [1.82, 2.24) is 24.5 Å². The molecule has 0 atom stereocenters. The van der Waals surface area contributed by atoms with Crippen molar-refractivity contribution in [3.05, 3.63) is 34.4 Å². The summed E-state index contributed by atoms with van der Waals surface area (Å²) in [6.07, 6.45) is -3.12. The minimum Gasteiger partial charge on any atom is -0.334 e. The number of hydrogen-bond donors (Lipinski definition) is 0. The summed E-state index contributed by atoms with van der Waals surface area (Å²) < 4.78 is 40.7. The molecule has 2 aromatic rings. The van der Waals surface area contributed by atoms with Gasteiger partial charge in [0.25, 0.3) is 5.91 Å². The Morgan fingerprint density at radius 1 is 1.36 bits per heavy atom. The Kier molecular flexibility index (Phi) is 4.19. The van der Waals surface area contributed by atoms with Crippen LogP contribution in [0, 0.1) is 0 Å². The van der Waals surface area contributed by atoms with Gasteiger partial charge in [-0.25, -0.2) is 0 Å². The number of hydrogen-bond acceptors (Lipinski definition) is 3. The predicted octanol–water partition coefficient (Wildman–Crippen LogP) is 2.10. The summed E-state index contributed by atoms with van der Waals surface area (Å²) in [6.45, 7) is 0.170. The predicted molar refractivity (Wildman–Crippen MR) is 72.2 cm³/mol. The van der Waals surface area contributed by atoms with E-state index in [-0.39, 0.29) is 6.54 Å². The van der Waals surface area contributed by atoms with Crippen LogP contribution in [0.5, 0.6) is 0 Å². The van der Waals surface area contributed by atoms with Crippen LogP contribution in [0.1, 0.15) is 21.9 Å². The van der Waals surface area contributed by atoms with Gasteiger partial charge in [-0.3, -0.25) is 14.2 Å². The fourth-order valence-corrected chi connectivity index (χ4v) is 2.34. The van der Waals surface area contributed by atoms with Gasteiger partial charge < -0.3 is 4.90 Å². The maximum atomic E-state index is 12.9. The van der Waals surface area contributed by atoms with Gasteiger partial charge >= 0.3 is 6.18 Å². The van der Waals surface area contributed by atoms with Crippen LogP contribution < -0.4 is 0 Å². The minimum atomic E-state index is -4.68. The first kappa shape index (κ1) is 16.3. The average molecular weight is 336 g/mol. The SMILES string of the molecule is CN(Cc1ccnn1C)C(=O)c1nn(C)c(C(F)(F)F)c1Cl. The fourth-order valence-electron chi connectivity index (χ4n) is 1.99. The van der Waals surface area contributed by atoms with E-state index in [9.17, 15) is 18.0 Å². The zero-order chi connectivity index (χ0) is 16.7. The lowest BCUT2D eigenvalue weighted by Gasteiger charge is -2.16. The second-order valence-electron chi connectivity index (χ2n) is 4.74. The van der Waals surface area contributed by atoms with E-state index >= 15 is 0 Å².